The first kappa shape index (κ1) is 18.2. The first-order valence-electron chi connectivity index (χ1n) is 9.77. The molecule has 0 atom stereocenters. The summed E-state index contributed by atoms with van der Waals surface area (Å²) in [6.45, 7) is 3.17. The Morgan fingerprint density at radius 3 is 2.36 bits per heavy atom. The number of nitrogens with zero attached hydrogens (tertiary/aromatic N) is 3. The summed E-state index contributed by atoms with van der Waals surface area (Å²) in [5.41, 5.74) is 2.43. The second-order valence-electron chi connectivity index (χ2n) is 7.05. The van der Waals surface area contributed by atoms with Crippen LogP contribution in [0.4, 0.5) is 5.82 Å². The lowest BCUT2D eigenvalue weighted by Crippen LogP contribution is -2.31. The third-order valence-electron chi connectivity index (χ3n) is 4.79. The lowest BCUT2D eigenvalue weighted by atomic mass is 10.2. The molecule has 28 heavy (non-hydrogen) atoms. The van der Waals surface area contributed by atoms with Crippen LogP contribution >= 0.6 is 0 Å². The second-order valence-corrected chi connectivity index (χ2v) is 7.05. The van der Waals surface area contributed by atoms with Crippen molar-refractivity contribution in [2.24, 2.45) is 0 Å². The minimum absolute atomic E-state index is 0.0789. The van der Waals surface area contributed by atoms with Crippen molar-refractivity contribution >= 4 is 11.7 Å². The maximum absolute atomic E-state index is 13.2. The van der Waals surface area contributed by atoms with E-state index < -0.39 is 0 Å². The summed E-state index contributed by atoms with van der Waals surface area (Å²) >= 11 is 0. The number of nitrogens with one attached hydrogen (secondary N) is 1. The zero-order valence-electron chi connectivity index (χ0n) is 16.0. The molecule has 1 aliphatic rings. The number of anilines is 1. The summed E-state index contributed by atoms with van der Waals surface area (Å²) in [5.74, 6) is 1.21. The predicted molar refractivity (Wildman–Crippen MR) is 111 cm³/mol. The molecule has 0 bridgehead atoms. The summed E-state index contributed by atoms with van der Waals surface area (Å²) < 4.78 is 0. The van der Waals surface area contributed by atoms with Crippen molar-refractivity contribution < 1.29 is 4.79 Å². The van der Waals surface area contributed by atoms with E-state index in [0.29, 0.717) is 30.6 Å². The highest BCUT2D eigenvalue weighted by molar-refractivity contribution is 5.93. The van der Waals surface area contributed by atoms with Crippen molar-refractivity contribution in [3.63, 3.8) is 0 Å². The topological polar surface area (TPSA) is 58.1 Å². The number of hydrogen-bond acceptors (Lipinski definition) is 4. The molecule has 1 aliphatic carbocycles. The maximum atomic E-state index is 13.2. The van der Waals surface area contributed by atoms with Crippen LogP contribution < -0.4 is 5.32 Å². The van der Waals surface area contributed by atoms with Crippen LogP contribution in [0, 0.1) is 0 Å². The van der Waals surface area contributed by atoms with Gasteiger partial charge in [-0.25, -0.2) is 9.97 Å². The number of carbonyl (C=O) groups is 1. The molecule has 5 nitrogen and oxygen atoms in total. The Balaban J connectivity index is 1.65. The van der Waals surface area contributed by atoms with Crippen LogP contribution in [0.25, 0.3) is 11.4 Å². The zero-order valence-corrected chi connectivity index (χ0v) is 16.0. The van der Waals surface area contributed by atoms with Gasteiger partial charge in [-0.05, 0) is 25.3 Å². The molecule has 0 aliphatic heterocycles. The number of aromatic nitrogens is 2. The Bertz CT molecular complexity index is 939. The molecule has 3 aromatic rings. The molecule has 1 saturated carbocycles. The number of amides is 1. The fraction of sp³-hybridized carbons (Fsp3) is 0.261. The molecular formula is C23H24N4O. The van der Waals surface area contributed by atoms with Gasteiger partial charge >= 0.3 is 0 Å². The molecule has 142 valence electrons. The molecule has 1 aromatic heterocycles. The quantitative estimate of drug-likeness (QED) is 0.669. The predicted octanol–water partition coefficient (Wildman–Crippen LogP) is 4.38. The Morgan fingerprint density at radius 1 is 1.04 bits per heavy atom. The van der Waals surface area contributed by atoms with Gasteiger partial charge < -0.3 is 10.2 Å². The lowest BCUT2D eigenvalue weighted by molar-refractivity contribution is 0.0746. The van der Waals surface area contributed by atoms with Gasteiger partial charge in [0.1, 0.15) is 11.5 Å². The summed E-state index contributed by atoms with van der Waals surface area (Å²) in [4.78, 5) is 24.3. The molecule has 5 heteroatoms. The maximum Gasteiger partial charge on any atom is 0.272 e. The van der Waals surface area contributed by atoms with Gasteiger partial charge in [-0.15, -0.1) is 0 Å². The standard InChI is InChI=1S/C23H24N4O/c1-2-27(16-17-9-5-3-6-10-17)23(28)20-15-21(24-19-13-14-19)26-22(25-20)18-11-7-4-8-12-18/h3-12,15,19H,2,13-14,16H2,1H3,(H,24,25,26). The highest BCUT2D eigenvalue weighted by Gasteiger charge is 2.24. The Hall–Kier alpha value is -3.21. The Morgan fingerprint density at radius 2 is 1.71 bits per heavy atom. The van der Waals surface area contributed by atoms with E-state index >= 15 is 0 Å². The molecule has 1 N–H and O–H groups in total. The number of benzene rings is 2. The smallest absolute Gasteiger partial charge is 0.272 e. The Kier molecular flexibility index (Phi) is 5.33. The van der Waals surface area contributed by atoms with E-state index in [1.165, 1.54) is 0 Å². The molecule has 4 rings (SSSR count). The third kappa shape index (κ3) is 4.36. The van der Waals surface area contributed by atoms with Gasteiger partial charge in [0.15, 0.2) is 5.82 Å². The SMILES string of the molecule is CCN(Cc1ccccc1)C(=O)c1cc(NC2CC2)nc(-c2ccccc2)n1. The summed E-state index contributed by atoms with van der Waals surface area (Å²) in [5, 5.41) is 3.41. The zero-order chi connectivity index (χ0) is 19.3. The van der Waals surface area contributed by atoms with Crippen LogP contribution in [0.15, 0.2) is 66.7 Å². The van der Waals surface area contributed by atoms with Crippen molar-refractivity contribution in [3.05, 3.63) is 78.0 Å². The molecule has 0 spiro atoms. The van der Waals surface area contributed by atoms with Crippen molar-refractivity contribution in [2.75, 3.05) is 11.9 Å². The molecule has 0 unspecified atom stereocenters. The van der Waals surface area contributed by atoms with Gasteiger partial charge in [0, 0.05) is 30.8 Å². The van der Waals surface area contributed by atoms with Gasteiger partial charge in [-0.3, -0.25) is 4.79 Å². The third-order valence-corrected chi connectivity index (χ3v) is 4.79. The van der Waals surface area contributed by atoms with Crippen LogP contribution in [0.3, 0.4) is 0 Å². The first-order chi connectivity index (χ1) is 13.7. The molecule has 1 amide bonds. The lowest BCUT2D eigenvalue weighted by Gasteiger charge is -2.21. The second kappa shape index (κ2) is 8.21. The highest BCUT2D eigenvalue weighted by Crippen LogP contribution is 2.26. The molecule has 0 radical (unpaired) electrons. The fourth-order valence-electron chi connectivity index (χ4n) is 3.08. The van der Waals surface area contributed by atoms with Gasteiger partial charge in [0.2, 0.25) is 0 Å². The minimum Gasteiger partial charge on any atom is -0.367 e. The Labute approximate surface area is 165 Å². The van der Waals surface area contributed by atoms with Crippen LogP contribution in [0.5, 0.6) is 0 Å². The largest absolute Gasteiger partial charge is 0.367 e. The van der Waals surface area contributed by atoms with Crippen molar-refractivity contribution in [2.45, 2.75) is 32.4 Å². The van der Waals surface area contributed by atoms with Crippen LogP contribution in [-0.4, -0.2) is 33.4 Å². The van der Waals surface area contributed by atoms with E-state index in [1.54, 1.807) is 6.07 Å². The highest BCUT2D eigenvalue weighted by atomic mass is 16.2. The van der Waals surface area contributed by atoms with Crippen LogP contribution in [-0.2, 0) is 6.54 Å². The average Bonchev–Trinajstić information content (AvgIpc) is 3.56. The molecule has 1 heterocycles. The van der Waals surface area contributed by atoms with Gasteiger partial charge in [0.05, 0.1) is 0 Å². The van der Waals surface area contributed by atoms with Gasteiger partial charge in [0.25, 0.3) is 5.91 Å². The van der Waals surface area contributed by atoms with Crippen molar-refractivity contribution in [1.29, 1.82) is 0 Å². The summed E-state index contributed by atoms with van der Waals surface area (Å²) in [6, 6.07) is 22.1. The van der Waals surface area contributed by atoms with E-state index in [9.17, 15) is 4.79 Å². The molecule has 0 saturated heterocycles. The molecule has 2 aromatic carbocycles. The van der Waals surface area contributed by atoms with Crippen molar-refractivity contribution in [1.82, 2.24) is 14.9 Å². The van der Waals surface area contributed by atoms with Crippen LogP contribution in [0.2, 0.25) is 0 Å². The van der Waals surface area contributed by atoms with Crippen molar-refractivity contribution in [3.8, 4) is 11.4 Å². The van der Waals surface area contributed by atoms with Gasteiger partial charge in [-0.2, -0.15) is 0 Å². The number of carbonyl (C=O) groups excluding carboxylic acids is 1. The first-order valence-corrected chi connectivity index (χ1v) is 9.77. The fourth-order valence-corrected chi connectivity index (χ4v) is 3.08. The molecule has 1 fully saturated rings. The summed E-state index contributed by atoms with van der Waals surface area (Å²) in [7, 11) is 0. The van der Waals surface area contributed by atoms with E-state index in [0.717, 1.165) is 29.8 Å². The van der Waals surface area contributed by atoms with Gasteiger partial charge in [-0.1, -0.05) is 60.7 Å². The summed E-state index contributed by atoms with van der Waals surface area (Å²) in [6.07, 6.45) is 2.28. The number of rotatable bonds is 7. The number of hydrogen-bond donors (Lipinski definition) is 1. The normalized spacial score (nSPS) is 13.2. The average molecular weight is 372 g/mol. The van der Waals surface area contributed by atoms with E-state index in [1.807, 2.05) is 72.5 Å². The molecular weight excluding hydrogens is 348 g/mol. The van der Waals surface area contributed by atoms with E-state index in [-0.39, 0.29) is 5.91 Å². The monoisotopic (exact) mass is 372 g/mol. The minimum atomic E-state index is -0.0789. The van der Waals surface area contributed by atoms with E-state index in [2.05, 4.69) is 15.3 Å². The van der Waals surface area contributed by atoms with Crippen LogP contribution in [0.1, 0.15) is 35.8 Å². The van der Waals surface area contributed by atoms with E-state index in [4.69, 9.17) is 0 Å².